The van der Waals surface area contributed by atoms with E-state index in [1.165, 1.54) is 11.3 Å². The van der Waals surface area contributed by atoms with Gasteiger partial charge in [-0.15, -0.1) is 11.3 Å². The van der Waals surface area contributed by atoms with Crippen LogP contribution in [0.15, 0.2) is 10.9 Å². The van der Waals surface area contributed by atoms with Crippen LogP contribution in [0.3, 0.4) is 0 Å². The highest BCUT2D eigenvalue weighted by Crippen LogP contribution is 2.28. The Morgan fingerprint density at radius 2 is 2.33 bits per heavy atom. The molecule has 0 spiro atoms. The average Bonchev–Trinajstić information content (AvgIpc) is 2.55. The minimum absolute atomic E-state index is 0.513. The van der Waals surface area contributed by atoms with E-state index in [0.717, 1.165) is 0 Å². The van der Waals surface area contributed by atoms with Crippen LogP contribution >= 0.6 is 11.3 Å². The molecule has 1 aromatic rings. The summed E-state index contributed by atoms with van der Waals surface area (Å²) < 4.78 is 13.6. The van der Waals surface area contributed by atoms with E-state index in [1.54, 1.807) is 17.9 Å². The van der Waals surface area contributed by atoms with Crippen LogP contribution in [0.4, 0.5) is 4.39 Å². The number of hydrogen-bond donors (Lipinski definition) is 1. The zero-order valence-electron chi connectivity index (χ0n) is 7.47. The molecule has 1 atom stereocenters. The molecule has 0 aliphatic rings. The number of hydrogen-bond acceptors (Lipinski definition) is 3. The molecule has 0 aliphatic carbocycles. The van der Waals surface area contributed by atoms with Crippen molar-refractivity contribution in [3.63, 3.8) is 0 Å². The first-order chi connectivity index (χ1) is 5.58. The summed E-state index contributed by atoms with van der Waals surface area (Å²) in [6, 6.07) is 0. The molecule has 0 bridgehead atoms. The molecule has 0 amide bonds. The second-order valence-corrected chi connectivity index (χ2v) is 3.97. The number of thiazole rings is 1. The average molecular weight is 188 g/mol. The Kier molecular flexibility index (Phi) is 2.80. The molecule has 4 heteroatoms. The van der Waals surface area contributed by atoms with Crippen molar-refractivity contribution in [2.24, 2.45) is 0 Å². The molecular weight excluding hydrogens is 175 g/mol. The fourth-order valence-corrected chi connectivity index (χ4v) is 1.41. The zero-order chi connectivity index (χ0) is 9.19. The number of halogens is 1. The van der Waals surface area contributed by atoms with Crippen molar-refractivity contribution in [1.29, 1.82) is 0 Å². The number of alkyl halides is 1. The highest BCUT2D eigenvalue weighted by molar-refractivity contribution is 7.07. The molecule has 2 nitrogen and oxygen atoms in total. The maximum absolute atomic E-state index is 13.6. The van der Waals surface area contributed by atoms with Gasteiger partial charge in [0.1, 0.15) is 0 Å². The molecule has 0 saturated heterocycles. The summed E-state index contributed by atoms with van der Waals surface area (Å²) in [6.45, 7) is 3.63. The Morgan fingerprint density at radius 3 is 2.75 bits per heavy atom. The lowest BCUT2D eigenvalue weighted by molar-refractivity contribution is 0.187. The van der Waals surface area contributed by atoms with Gasteiger partial charge in [-0.05, 0) is 20.9 Å². The monoisotopic (exact) mass is 188 g/mol. The van der Waals surface area contributed by atoms with Crippen molar-refractivity contribution in [1.82, 2.24) is 10.3 Å². The van der Waals surface area contributed by atoms with E-state index < -0.39 is 11.7 Å². The van der Waals surface area contributed by atoms with Gasteiger partial charge in [0.05, 0.1) is 11.2 Å². The Balaban J connectivity index is 2.78. The second kappa shape index (κ2) is 3.49. The van der Waals surface area contributed by atoms with Gasteiger partial charge < -0.3 is 5.32 Å². The Labute approximate surface area is 75.8 Å². The van der Waals surface area contributed by atoms with Crippen molar-refractivity contribution in [2.45, 2.75) is 25.6 Å². The van der Waals surface area contributed by atoms with Crippen molar-refractivity contribution in [2.75, 3.05) is 7.05 Å². The van der Waals surface area contributed by atoms with Gasteiger partial charge >= 0.3 is 0 Å². The van der Waals surface area contributed by atoms with Crippen molar-refractivity contribution in [3.05, 3.63) is 16.6 Å². The van der Waals surface area contributed by atoms with Gasteiger partial charge in [-0.2, -0.15) is 0 Å². The third-order valence-corrected chi connectivity index (χ3v) is 2.59. The topological polar surface area (TPSA) is 24.9 Å². The van der Waals surface area contributed by atoms with Gasteiger partial charge in [0.2, 0.25) is 0 Å². The molecule has 0 aromatic carbocycles. The molecule has 1 heterocycles. The molecule has 12 heavy (non-hydrogen) atoms. The van der Waals surface area contributed by atoms with E-state index in [0.29, 0.717) is 5.69 Å². The first-order valence-corrected chi connectivity index (χ1v) is 4.73. The first kappa shape index (κ1) is 9.61. The summed E-state index contributed by atoms with van der Waals surface area (Å²) in [5.41, 5.74) is 1.61. The Bertz CT molecular complexity index is 233. The number of rotatable bonds is 3. The van der Waals surface area contributed by atoms with Crippen molar-refractivity contribution in [3.8, 4) is 0 Å². The van der Waals surface area contributed by atoms with Crippen LogP contribution in [0.25, 0.3) is 0 Å². The number of nitrogens with one attached hydrogen (secondary N) is 1. The second-order valence-electron chi connectivity index (χ2n) is 3.25. The zero-order valence-corrected chi connectivity index (χ0v) is 8.28. The largest absolute Gasteiger partial charge is 0.312 e. The summed E-state index contributed by atoms with van der Waals surface area (Å²) in [5.74, 6) is 0. The lowest BCUT2D eigenvalue weighted by Crippen LogP contribution is -2.40. The van der Waals surface area contributed by atoms with Crippen LogP contribution in [0.1, 0.15) is 25.7 Å². The van der Waals surface area contributed by atoms with Crippen LogP contribution in [-0.2, 0) is 0 Å². The standard InChI is InChI=1S/C8H13FN2S/c1-8(2,10-3)7(9)6-4-12-5-11-6/h4-5,7,10H,1-3H3. The third kappa shape index (κ3) is 1.81. The summed E-state index contributed by atoms with van der Waals surface area (Å²) >= 11 is 1.42. The van der Waals surface area contributed by atoms with E-state index in [4.69, 9.17) is 0 Å². The third-order valence-electron chi connectivity index (χ3n) is 1.99. The highest BCUT2D eigenvalue weighted by Gasteiger charge is 2.30. The maximum Gasteiger partial charge on any atom is 0.160 e. The lowest BCUT2D eigenvalue weighted by atomic mass is 9.97. The quantitative estimate of drug-likeness (QED) is 0.786. The molecule has 1 rings (SSSR count). The van der Waals surface area contributed by atoms with Crippen LogP contribution in [0.2, 0.25) is 0 Å². The van der Waals surface area contributed by atoms with Gasteiger partial charge in [-0.1, -0.05) is 0 Å². The van der Waals surface area contributed by atoms with Crippen LogP contribution in [0.5, 0.6) is 0 Å². The fraction of sp³-hybridized carbons (Fsp3) is 0.625. The summed E-state index contributed by atoms with van der Waals surface area (Å²) in [5, 5.41) is 4.66. The van der Waals surface area contributed by atoms with Crippen LogP contribution < -0.4 is 5.32 Å². The van der Waals surface area contributed by atoms with Gasteiger partial charge in [0.15, 0.2) is 6.17 Å². The molecule has 0 radical (unpaired) electrons. The Hall–Kier alpha value is -0.480. The van der Waals surface area contributed by atoms with Gasteiger partial charge in [-0.3, -0.25) is 0 Å². The summed E-state index contributed by atoms with van der Waals surface area (Å²) in [7, 11) is 1.75. The molecule has 0 fully saturated rings. The first-order valence-electron chi connectivity index (χ1n) is 3.79. The molecule has 1 unspecified atom stereocenters. The highest BCUT2D eigenvalue weighted by atomic mass is 32.1. The van der Waals surface area contributed by atoms with Gasteiger partial charge in [0.25, 0.3) is 0 Å². The number of aromatic nitrogens is 1. The van der Waals surface area contributed by atoms with Crippen molar-refractivity contribution >= 4 is 11.3 Å². The molecule has 1 aromatic heterocycles. The fourth-order valence-electron chi connectivity index (χ4n) is 0.843. The predicted octanol–water partition coefficient (Wildman–Crippen LogP) is 2.15. The smallest absolute Gasteiger partial charge is 0.160 e. The van der Waals surface area contributed by atoms with Crippen molar-refractivity contribution < 1.29 is 4.39 Å². The summed E-state index contributed by atoms with van der Waals surface area (Å²) in [6.07, 6.45) is -1.05. The summed E-state index contributed by atoms with van der Waals surface area (Å²) in [4.78, 5) is 3.93. The van der Waals surface area contributed by atoms with E-state index in [2.05, 4.69) is 10.3 Å². The van der Waals surface area contributed by atoms with E-state index in [1.807, 2.05) is 13.8 Å². The van der Waals surface area contributed by atoms with Crippen LogP contribution in [-0.4, -0.2) is 17.6 Å². The minimum Gasteiger partial charge on any atom is -0.312 e. The van der Waals surface area contributed by atoms with Gasteiger partial charge in [0, 0.05) is 10.9 Å². The molecule has 68 valence electrons. The minimum atomic E-state index is -1.05. The molecule has 1 N–H and O–H groups in total. The normalized spacial score (nSPS) is 14.7. The van der Waals surface area contributed by atoms with E-state index in [-0.39, 0.29) is 0 Å². The predicted molar refractivity (Wildman–Crippen MR) is 49.1 cm³/mol. The number of nitrogens with zero attached hydrogens (tertiary/aromatic N) is 1. The number of likely N-dealkylation sites (N-methyl/N-ethyl adjacent to an activating group) is 1. The maximum atomic E-state index is 13.6. The van der Waals surface area contributed by atoms with E-state index in [9.17, 15) is 4.39 Å². The van der Waals surface area contributed by atoms with Crippen LogP contribution in [0, 0.1) is 0 Å². The molecule has 0 aliphatic heterocycles. The lowest BCUT2D eigenvalue weighted by Gasteiger charge is -2.26. The molecular formula is C8H13FN2S. The van der Waals surface area contributed by atoms with E-state index >= 15 is 0 Å². The SMILES string of the molecule is CNC(C)(C)C(F)c1cscn1. The van der Waals surface area contributed by atoms with Gasteiger partial charge in [-0.25, -0.2) is 9.37 Å². The Morgan fingerprint density at radius 1 is 1.67 bits per heavy atom. The molecule has 0 saturated carbocycles.